The Labute approximate surface area is 283 Å². The Morgan fingerprint density at radius 1 is 0.979 bits per heavy atom. The number of benzene rings is 2. The lowest BCUT2D eigenvalue weighted by Crippen LogP contribution is -2.51. The summed E-state index contributed by atoms with van der Waals surface area (Å²) in [6.45, 7) is 2.89. The molecule has 7 rings (SSSR count). The zero-order valence-electron chi connectivity index (χ0n) is 26.2. The van der Waals surface area contributed by atoms with Crippen LogP contribution in [0.15, 0.2) is 48.5 Å². The Kier molecular flexibility index (Phi) is 9.07. The highest BCUT2D eigenvalue weighted by Crippen LogP contribution is 2.43. The standard InChI is InChI=1S/C34H36N4O6S2.ClH/c1-20-7-9-21(10-8-20)33(40)38(23-13-15-36(16-14-23)46(2,43)44)28-18-30(45-31(28)34(41)42)22-11-12-24-25(17-22)29(39)19-37-27-6-4-3-5-26(27)35-32(24)37;/h3-6,11-12,17-18,20-21,23H,7-10,13-16,19H2,1-2H3,(H,41,42);1H. The average molecular weight is 697 g/mol. The fourth-order valence-electron chi connectivity index (χ4n) is 7.28. The van der Waals surface area contributed by atoms with E-state index in [4.69, 9.17) is 4.98 Å². The number of halogens is 1. The molecule has 1 amide bonds. The van der Waals surface area contributed by atoms with E-state index in [-0.39, 0.29) is 60.6 Å². The van der Waals surface area contributed by atoms with Gasteiger partial charge in [-0.1, -0.05) is 25.1 Å². The van der Waals surface area contributed by atoms with E-state index in [1.165, 1.54) is 10.6 Å². The van der Waals surface area contributed by atoms with Gasteiger partial charge < -0.3 is 14.6 Å². The van der Waals surface area contributed by atoms with Crippen LogP contribution in [0.2, 0.25) is 0 Å². The highest BCUT2D eigenvalue weighted by atomic mass is 35.5. The summed E-state index contributed by atoms with van der Waals surface area (Å²) in [5, 5.41) is 10.4. The van der Waals surface area contributed by atoms with Crippen molar-refractivity contribution in [2.75, 3.05) is 24.2 Å². The van der Waals surface area contributed by atoms with Crippen LogP contribution in [0.5, 0.6) is 0 Å². The number of hydrogen-bond donors (Lipinski definition) is 1. The molecule has 47 heavy (non-hydrogen) atoms. The second kappa shape index (κ2) is 12.8. The van der Waals surface area contributed by atoms with E-state index in [0.717, 1.165) is 59.4 Å². The van der Waals surface area contributed by atoms with Crippen molar-refractivity contribution in [1.29, 1.82) is 0 Å². The fraction of sp³-hybridized carbons (Fsp3) is 0.412. The molecule has 0 atom stereocenters. The largest absolute Gasteiger partial charge is 0.477 e. The van der Waals surface area contributed by atoms with Crippen molar-refractivity contribution < 1.29 is 27.9 Å². The number of carboxylic acids is 1. The Morgan fingerprint density at radius 3 is 2.36 bits per heavy atom. The third-order valence-electron chi connectivity index (χ3n) is 9.83. The maximum atomic E-state index is 14.3. The lowest BCUT2D eigenvalue weighted by molar-refractivity contribution is -0.124. The van der Waals surface area contributed by atoms with E-state index in [2.05, 4.69) is 6.92 Å². The number of sulfonamides is 1. The summed E-state index contributed by atoms with van der Waals surface area (Å²) in [5.41, 5.74) is 4.02. The predicted molar refractivity (Wildman–Crippen MR) is 185 cm³/mol. The number of carbonyl (C=O) groups excluding carboxylic acids is 2. The first kappa shape index (κ1) is 33.3. The number of amides is 1. The summed E-state index contributed by atoms with van der Waals surface area (Å²) < 4.78 is 27.8. The maximum absolute atomic E-state index is 14.3. The molecular weight excluding hydrogens is 660 g/mol. The van der Waals surface area contributed by atoms with Gasteiger partial charge in [0.05, 0.1) is 29.5 Å². The van der Waals surface area contributed by atoms with Gasteiger partial charge in [-0.05, 0) is 80.3 Å². The van der Waals surface area contributed by atoms with Gasteiger partial charge in [0, 0.05) is 41.1 Å². The summed E-state index contributed by atoms with van der Waals surface area (Å²) in [5.74, 6) is -0.215. The number of ketones is 1. The van der Waals surface area contributed by atoms with Crippen LogP contribution in [-0.4, -0.2) is 70.4 Å². The smallest absolute Gasteiger partial charge is 0.348 e. The molecule has 2 fully saturated rings. The van der Waals surface area contributed by atoms with Crippen molar-refractivity contribution in [2.24, 2.45) is 11.8 Å². The van der Waals surface area contributed by atoms with Gasteiger partial charge in [-0.25, -0.2) is 22.5 Å². The van der Waals surface area contributed by atoms with Gasteiger partial charge in [0.15, 0.2) is 5.78 Å². The van der Waals surface area contributed by atoms with Crippen LogP contribution in [0.4, 0.5) is 5.69 Å². The zero-order chi connectivity index (χ0) is 32.3. The topological polar surface area (TPSA) is 130 Å². The summed E-state index contributed by atoms with van der Waals surface area (Å²) in [6, 6.07) is 14.7. The SMILES string of the molecule is CC1CCC(C(=O)N(c2cc(-c3ccc4c(c3)C(=O)Cn3c-4nc4ccccc43)sc2C(=O)O)C2CCN(S(C)(=O)=O)CC2)CC1.Cl. The number of fused-ring (bicyclic) bond motifs is 5. The van der Waals surface area contributed by atoms with Crippen LogP contribution < -0.4 is 4.90 Å². The number of aromatic nitrogens is 2. The van der Waals surface area contributed by atoms with Crippen molar-refractivity contribution in [3.05, 3.63) is 59.0 Å². The molecule has 0 bridgehead atoms. The number of para-hydroxylation sites is 2. The molecule has 1 N–H and O–H groups in total. The zero-order valence-corrected chi connectivity index (χ0v) is 28.7. The Balaban J connectivity index is 0.00000386. The molecule has 248 valence electrons. The summed E-state index contributed by atoms with van der Waals surface area (Å²) >= 11 is 1.09. The number of aromatic carboxylic acids is 1. The maximum Gasteiger partial charge on any atom is 0.348 e. The van der Waals surface area contributed by atoms with E-state index in [1.54, 1.807) is 17.0 Å². The summed E-state index contributed by atoms with van der Waals surface area (Å²) in [6.07, 6.45) is 5.39. The molecule has 4 heterocycles. The van der Waals surface area contributed by atoms with E-state index in [1.807, 2.05) is 41.0 Å². The molecule has 1 aliphatic carbocycles. The van der Waals surface area contributed by atoms with Crippen LogP contribution in [0, 0.1) is 11.8 Å². The van der Waals surface area contributed by atoms with E-state index < -0.39 is 16.0 Å². The minimum atomic E-state index is -3.37. The first-order chi connectivity index (χ1) is 22.0. The van der Waals surface area contributed by atoms with E-state index >= 15 is 0 Å². The molecule has 3 aliphatic rings. The molecule has 2 aromatic heterocycles. The molecule has 4 aromatic rings. The van der Waals surface area contributed by atoms with Gasteiger partial charge in [0.2, 0.25) is 15.9 Å². The summed E-state index contributed by atoms with van der Waals surface area (Å²) in [7, 11) is -3.37. The summed E-state index contributed by atoms with van der Waals surface area (Å²) in [4.78, 5) is 47.6. The third kappa shape index (κ3) is 6.12. The van der Waals surface area contributed by atoms with Crippen LogP contribution in [-0.2, 0) is 21.4 Å². The Bertz CT molecular complexity index is 1990. The second-order valence-electron chi connectivity index (χ2n) is 12.9. The second-order valence-corrected chi connectivity index (χ2v) is 15.9. The Hall–Kier alpha value is -3.58. The number of thiophene rings is 1. The van der Waals surface area contributed by atoms with Gasteiger partial charge in [-0.2, -0.15) is 0 Å². The molecule has 0 spiro atoms. The lowest BCUT2D eigenvalue weighted by atomic mass is 9.82. The molecule has 0 radical (unpaired) electrons. The molecule has 1 saturated carbocycles. The Morgan fingerprint density at radius 2 is 1.68 bits per heavy atom. The van der Waals surface area contributed by atoms with Crippen LogP contribution in [0.25, 0.3) is 32.9 Å². The molecule has 2 aromatic carbocycles. The first-order valence-corrected chi connectivity index (χ1v) is 18.4. The number of carboxylic acid groups (broad SMARTS) is 1. The minimum absolute atomic E-state index is 0. The van der Waals surface area contributed by atoms with E-state index in [9.17, 15) is 27.9 Å². The van der Waals surface area contributed by atoms with Gasteiger partial charge in [-0.15, -0.1) is 23.7 Å². The molecule has 13 heteroatoms. The molecule has 2 aliphatic heterocycles. The molecule has 10 nitrogen and oxygen atoms in total. The molecular formula is C34H37ClN4O6S2. The number of nitrogens with zero attached hydrogens (tertiary/aromatic N) is 4. The van der Waals surface area contributed by atoms with Gasteiger partial charge >= 0.3 is 5.97 Å². The normalized spacial score (nSPS) is 20.3. The number of rotatable bonds is 6. The fourth-order valence-corrected chi connectivity index (χ4v) is 9.14. The number of anilines is 1. The van der Waals surface area contributed by atoms with Crippen LogP contribution in [0.3, 0.4) is 0 Å². The first-order valence-electron chi connectivity index (χ1n) is 15.8. The number of imidazole rings is 1. The highest BCUT2D eigenvalue weighted by molar-refractivity contribution is 7.88. The van der Waals surface area contributed by atoms with E-state index in [0.29, 0.717) is 40.5 Å². The lowest BCUT2D eigenvalue weighted by Gasteiger charge is -2.40. The van der Waals surface area contributed by atoms with Gasteiger partial charge in [0.25, 0.3) is 0 Å². The minimum Gasteiger partial charge on any atom is -0.477 e. The highest BCUT2D eigenvalue weighted by Gasteiger charge is 2.38. The van der Waals surface area contributed by atoms with Crippen LogP contribution >= 0.6 is 23.7 Å². The number of carbonyl (C=O) groups is 3. The van der Waals surface area contributed by atoms with Crippen LogP contribution in [0.1, 0.15) is 65.5 Å². The van der Waals surface area contributed by atoms with Gasteiger partial charge in [0.1, 0.15) is 10.7 Å². The molecule has 0 unspecified atom stereocenters. The van der Waals surface area contributed by atoms with Crippen molar-refractivity contribution in [3.8, 4) is 21.8 Å². The van der Waals surface area contributed by atoms with Crippen molar-refractivity contribution in [1.82, 2.24) is 13.9 Å². The third-order valence-corrected chi connectivity index (χ3v) is 12.3. The number of hydrogen-bond acceptors (Lipinski definition) is 7. The number of Topliss-reactive ketones (excluding diaryl/α,β-unsaturated/α-hetero) is 1. The predicted octanol–water partition coefficient (Wildman–Crippen LogP) is 6.33. The van der Waals surface area contributed by atoms with Crippen molar-refractivity contribution >= 4 is 68.1 Å². The average Bonchev–Trinajstić information content (AvgIpc) is 3.64. The van der Waals surface area contributed by atoms with Crippen molar-refractivity contribution in [2.45, 2.75) is 58.0 Å². The monoisotopic (exact) mass is 696 g/mol. The molecule has 1 saturated heterocycles. The quantitative estimate of drug-likeness (QED) is 0.249. The number of piperidine rings is 1. The van der Waals surface area contributed by atoms with Gasteiger partial charge in [-0.3, -0.25) is 9.59 Å². The van der Waals surface area contributed by atoms with Crippen molar-refractivity contribution in [3.63, 3.8) is 0 Å².